The number of nitrogens with one attached hydrogen (secondary N) is 1. The first-order valence-corrected chi connectivity index (χ1v) is 6.20. The van der Waals surface area contributed by atoms with Gasteiger partial charge in [-0.15, -0.1) is 0 Å². The molecule has 2 atom stereocenters. The van der Waals surface area contributed by atoms with Crippen LogP contribution in [0.5, 0.6) is 0 Å². The van der Waals surface area contributed by atoms with Crippen LogP contribution in [0.2, 0.25) is 0 Å². The summed E-state index contributed by atoms with van der Waals surface area (Å²) in [6.07, 6.45) is 2.33. The number of carboxylic acids is 1. The number of hydrogen-bond acceptors (Lipinski definition) is 4. The maximum Gasteiger partial charge on any atom is 0.324 e. The van der Waals surface area contributed by atoms with E-state index in [1.807, 2.05) is 0 Å². The predicted octanol–water partition coefficient (Wildman–Crippen LogP) is 0.0751. The van der Waals surface area contributed by atoms with Crippen LogP contribution in [0.1, 0.15) is 19.8 Å². The monoisotopic (exact) mass is 243 g/mol. The number of aliphatic carboxylic acids is 1. The number of likely N-dealkylation sites (N-methyl/N-ethyl adjacent to an activating group) is 2. The van der Waals surface area contributed by atoms with E-state index in [1.54, 1.807) is 14.0 Å². The molecule has 1 heterocycles. The van der Waals surface area contributed by atoms with Gasteiger partial charge >= 0.3 is 5.97 Å². The van der Waals surface area contributed by atoms with Crippen molar-refractivity contribution in [3.05, 3.63) is 0 Å². The quantitative estimate of drug-likeness (QED) is 0.692. The fraction of sp³-hybridized carbons (Fsp3) is 0.917. The normalized spacial score (nSPS) is 25.1. The predicted molar refractivity (Wildman–Crippen MR) is 68.2 cm³/mol. The van der Waals surface area contributed by atoms with Gasteiger partial charge in [-0.1, -0.05) is 0 Å². The lowest BCUT2D eigenvalue weighted by Crippen LogP contribution is -2.57. The van der Waals surface area contributed by atoms with Crippen LogP contribution in [-0.2, 0) is 4.79 Å². The molecule has 0 bridgehead atoms. The Balaban J connectivity index is 2.63. The van der Waals surface area contributed by atoms with E-state index < -0.39 is 11.5 Å². The van der Waals surface area contributed by atoms with E-state index in [-0.39, 0.29) is 0 Å². The molecule has 17 heavy (non-hydrogen) atoms. The lowest BCUT2D eigenvalue weighted by Gasteiger charge is -2.34. The number of nitrogens with zero attached hydrogens (tertiary/aromatic N) is 2. The Morgan fingerprint density at radius 1 is 1.59 bits per heavy atom. The molecule has 1 fully saturated rings. The first kappa shape index (κ1) is 14.4. The zero-order chi connectivity index (χ0) is 13.1. The summed E-state index contributed by atoms with van der Waals surface area (Å²) in [6, 6.07) is 0.483. The molecule has 0 radical (unpaired) electrons. The van der Waals surface area contributed by atoms with E-state index in [1.165, 1.54) is 0 Å². The summed E-state index contributed by atoms with van der Waals surface area (Å²) in [5, 5.41) is 12.2. The first-order chi connectivity index (χ1) is 7.89. The van der Waals surface area contributed by atoms with Crippen LogP contribution < -0.4 is 5.32 Å². The molecule has 5 heteroatoms. The van der Waals surface area contributed by atoms with Gasteiger partial charge < -0.3 is 15.3 Å². The minimum atomic E-state index is -0.852. The average Bonchev–Trinajstić information content (AvgIpc) is 2.64. The molecule has 1 saturated heterocycles. The highest BCUT2D eigenvalue weighted by atomic mass is 16.4. The highest BCUT2D eigenvalue weighted by molar-refractivity contribution is 5.78. The second-order valence-electron chi connectivity index (χ2n) is 5.42. The standard InChI is InChI=1S/C12H25N3O2/c1-12(13-2,11(16)17)9-15-7-5-6-10(15)8-14(3)4/h10,13H,5-9H2,1-4H3,(H,16,17). The average molecular weight is 243 g/mol. The number of hydrogen-bond donors (Lipinski definition) is 2. The molecule has 100 valence electrons. The summed E-state index contributed by atoms with van der Waals surface area (Å²) in [5.41, 5.74) is -0.852. The van der Waals surface area contributed by atoms with E-state index in [2.05, 4.69) is 29.2 Å². The van der Waals surface area contributed by atoms with E-state index >= 15 is 0 Å². The zero-order valence-corrected chi connectivity index (χ0v) is 11.4. The SMILES string of the molecule is CNC(C)(CN1CCCC1CN(C)C)C(=O)O. The Hall–Kier alpha value is -0.650. The molecule has 1 aliphatic rings. The minimum absolute atomic E-state index is 0.483. The maximum atomic E-state index is 11.3. The largest absolute Gasteiger partial charge is 0.480 e. The minimum Gasteiger partial charge on any atom is -0.480 e. The van der Waals surface area contributed by atoms with Crippen molar-refractivity contribution < 1.29 is 9.90 Å². The van der Waals surface area contributed by atoms with Crippen LogP contribution in [0.3, 0.4) is 0 Å². The lowest BCUT2D eigenvalue weighted by molar-refractivity contribution is -0.144. The van der Waals surface area contributed by atoms with Gasteiger partial charge in [-0.3, -0.25) is 9.69 Å². The molecule has 0 saturated carbocycles. The van der Waals surface area contributed by atoms with E-state index in [0.717, 1.165) is 25.9 Å². The van der Waals surface area contributed by atoms with Gasteiger partial charge in [-0.25, -0.2) is 0 Å². The topological polar surface area (TPSA) is 55.8 Å². The summed E-state index contributed by atoms with van der Waals surface area (Å²) in [6.45, 7) is 4.32. The van der Waals surface area contributed by atoms with Crippen molar-refractivity contribution in [2.75, 3.05) is 40.8 Å². The van der Waals surface area contributed by atoms with E-state index in [4.69, 9.17) is 0 Å². The van der Waals surface area contributed by atoms with Crippen molar-refractivity contribution >= 4 is 5.97 Å². The van der Waals surface area contributed by atoms with Crippen LogP contribution in [0.25, 0.3) is 0 Å². The van der Waals surface area contributed by atoms with Crippen molar-refractivity contribution in [3.8, 4) is 0 Å². The van der Waals surface area contributed by atoms with E-state index in [0.29, 0.717) is 12.6 Å². The van der Waals surface area contributed by atoms with Crippen molar-refractivity contribution in [2.45, 2.75) is 31.3 Å². The highest BCUT2D eigenvalue weighted by Gasteiger charge is 2.37. The van der Waals surface area contributed by atoms with Gasteiger partial charge in [0.05, 0.1) is 0 Å². The summed E-state index contributed by atoms with van der Waals surface area (Å²) < 4.78 is 0. The van der Waals surface area contributed by atoms with Crippen LogP contribution in [-0.4, -0.2) is 73.2 Å². The van der Waals surface area contributed by atoms with Gasteiger partial charge in [0, 0.05) is 19.1 Å². The van der Waals surface area contributed by atoms with Crippen LogP contribution in [0.15, 0.2) is 0 Å². The second kappa shape index (κ2) is 5.80. The third-order valence-electron chi connectivity index (χ3n) is 3.62. The van der Waals surface area contributed by atoms with Crippen molar-refractivity contribution in [1.29, 1.82) is 0 Å². The molecule has 0 spiro atoms. The molecular weight excluding hydrogens is 218 g/mol. The molecule has 5 nitrogen and oxygen atoms in total. The third-order valence-corrected chi connectivity index (χ3v) is 3.62. The summed E-state index contributed by atoms with van der Waals surface area (Å²) in [4.78, 5) is 15.7. The van der Waals surface area contributed by atoms with Gasteiger partial charge in [0.25, 0.3) is 0 Å². The van der Waals surface area contributed by atoms with Gasteiger partial charge in [0.1, 0.15) is 5.54 Å². The molecule has 2 unspecified atom stereocenters. The van der Waals surface area contributed by atoms with Crippen LogP contribution in [0, 0.1) is 0 Å². The number of rotatable bonds is 6. The fourth-order valence-corrected chi connectivity index (χ4v) is 2.39. The van der Waals surface area contributed by atoms with Crippen molar-refractivity contribution in [1.82, 2.24) is 15.1 Å². The Morgan fingerprint density at radius 3 is 2.71 bits per heavy atom. The third kappa shape index (κ3) is 3.66. The lowest BCUT2D eigenvalue weighted by atomic mass is 10.0. The molecular formula is C12H25N3O2. The summed E-state index contributed by atoms with van der Waals surface area (Å²) in [7, 11) is 5.83. The fourth-order valence-electron chi connectivity index (χ4n) is 2.39. The molecule has 0 aliphatic carbocycles. The molecule has 0 amide bonds. The van der Waals surface area contributed by atoms with Crippen LogP contribution >= 0.6 is 0 Å². The number of carboxylic acid groups (broad SMARTS) is 1. The number of likely N-dealkylation sites (tertiary alicyclic amines) is 1. The van der Waals surface area contributed by atoms with Crippen LogP contribution in [0.4, 0.5) is 0 Å². The molecule has 1 aliphatic heterocycles. The van der Waals surface area contributed by atoms with Gasteiger partial charge in [0.2, 0.25) is 0 Å². The van der Waals surface area contributed by atoms with Gasteiger partial charge in [-0.2, -0.15) is 0 Å². The second-order valence-corrected chi connectivity index (χ2v) is 5.42. The maximum absolute atomic E-state index is 11.3. The van der Waals surface area contributed by atoms with Crippen molar-refractivity contribution in [2.24, 2.45) is 0 Å². The molecule has 1 rings (SSSR count). The molecule has 0 aromatic heterocycles. The van der Waals surface area contributed by atoms with Gasteiger partial charge in [-0.05, 0) is 47.5 Å². The molecule has 0 aromatic carbocycles. The summed E-state index contributed by atoms with van der Waals surface area (Å²) >= 11 is 0. The zero-order valence-electron chi connectivity index (χ0n) is 11.4. The Kier molecular flexibility index (Phi) is 4.91. The smallest absolute Gasteiger partial charge is 0.324 e. The summed E-state index contributed by atoms with van der Waals surface area (Å²) in [5.74, 6) is -0.782. The molecule has 0 aromatic rings. The van der Waals surface area contributed by atoms with E-state index in [9.17, 15) is 9.90 Å². The Bertz CT molecular complexity index is 270. The Morgan fingerprint density at radius 2 is 2.24 bits per heavy atom. The first-order valence-electron chi connectivity index (χ1n) is 6.20. The van der Waals surface area contributed by atoms with Crippen molar-refractivity contribution in [3.63, 3.8) is 0 Å². The Labute approximate surface area is 104 Å². The van der Waals surface area contributed by atoms with Gasteiger partial charge in [0.15, 0.2) is 0 Å². The highest BCUT2D eigenvalue weighted by Crippen LogP contribution is 2.20. The number of carbonyl (C=O) groups is 1. The molecule has 2 N–H and O–H groups in total.